The van der Waals surface area contributed by atoms with Crippen molar-refractivity contribution < 1.29 is 19.1 Å². The Morgan fingerprint density at radius 2 is 1.62 bits per heavy atom. The lowest BCUT2D eigenvalue weighted by Gasteiger charge is -2.13. The van der Waals surface area contributed by atoms with Gasteiger partial charge in [-0.15, -0.1) is 0 Å². The minimum Gasteiger partial charge on any atom is -0.496 e. The number of ether oxygens (including phenoxy) is 2. The fourth-order valence-electron chi connectivity index (χ4n) is 3.47. The third-order valence-corrected chi connectivity index (χ3v) is 5.18. The Balaban J connectivity index is 1.52. The minimum absolute atomic E-state index is 0.0568. The van der Waals surface area contributed by atoms with Gasteiger partial charge >= 0.3 is 0 Å². The average molecular weight is 425 g/mol. The van der Waals surface area contributed by atoms with Crippen molar-refractivity contribution in [2.45, 2.75) is 13.5 Å². The number of Topliss-reactive ketones (excluding diaryl/α,β-unsaturated/α-hetero) is 1. The SMILES string of the molecule is COc1ccc(C(=O)Nc2cccc(C(C)=O)c2)cc1COc1ccc2ccccc2c1. The molecule has 0 saturated carbocycles. The van der Waals surface area contributed by atoms with Gasteiger partial charge in [0.1, 0.15) is 18.1 Å². The number of nitrogens with one attached hydrogen (secondary N) is 1. The van der Waals surface area contributed by atoms with Crippen molar-refractivity contribution in [3.8, 4) is 11.5 Å². The largest absolute Gasteiger partial charge is 0.496 e. The molecule has 0 aliphatic carbocycles. The summed E-state index contributed by atoms with van der Waals surface area (Å²) in [5, 5.41) is 5.08. The molecule has 0 aliphatic rings. The number of fused-ring (bicyclic) bond motifs is 1. The molecule has 1 N–H and O–H groups in total. The quantitative estimate of drug-likeness (QED) is 0.376. The maximum atomic E-state index is 12.8. The summed E-state index contributed by atoms with van der Waals surface area (Å²) >= 11 is 0. The molecule has 0 radical (unpaired) electrons. The van der Waals surface area contributed by atoms with Crippen molar-refractivity contribution >= 4 is 28.2 Å². The molecule has 4 aromatic rings. The molecule has 160 valence electrons. The molecule has 32 heavy (non-hydrogen) atoms. The van der Waals surface area contributed by atoms with Crippen LogP contribution < -0.4 is 14.8 Å². The van der Waals surface area contributed by atoms with E-state index >= 15 is 0 Å². The number of anilines is 1. The van der Waals surface area contributed by atoms with Crippen LogP contribution in [0.1, 0.15) is 33.2 Å². The predicted octanol–water partition coefficient (Wildman–Crippen LogP) is 5.88. The number of ketones is 1. The van der Waals surface area contributed by atoms with E-state index in [1.54, 1.807) is 49.6 Å². The van der Waals surface area contributed by atoms with Gasteiger partial charge in [-0.3, -0.25) is 9.59 Å². The Hall–Kier alpha value is -4.12. The second kappa shape index (κ2) is 9.35. The Labute approximate surface area is 186 Å². The number of carbonyl (C=O) groups excluding carboxylic acids is 2. The minimum atomic E-state index is -0.277. The molecule has 0 aliphatic heterocycles. The molecular weight excluding hydrogens is 402 g/mol. The number of benzene rings is 4. The number of rotatable bonds is 7. The molecule has 0 heterocycles. The normalized spacial score (nSPS) is 10.6. The number of amides is 1. The van der Waals surface area contributed by atoms with Gasteiger partial charge in [0.15, 0.2) is 5.78 Å². The highest BCUT2D eigenvalue weighted by Crippen LogP contribution is 2.25. The van der Waals surface area contributed by atoms with Gasteiger partial charge in [-0.2, -0.15) is 0 Å². The van der Waals surface area contributed by atoms with Gasteiger partial charge < -0.3 is 14.8 Å². The third-order valence-electron chi connectivity index (χ3n) is 5.18. The van der Waals surface area contributed by atoms with Crippen molar-refractivity contribution in [3.05, 3.63) is 102 Å². The second-order valence-corrected chi connectivity index (χ2v) is 7.42. The van der Waals surface area contributed by atoms with Crippen LogP contribution in [0.5, 0.6) is 11.5 Å². The molecule has 0 fully saturated rings. The van der Waals surface area contributed by atoms with Crippen LogP contribution in [0.25, 0.3) is 10.8 Å². The van der Waals surface area contributed by atoms with Gasteiger partial charge in [0, 0.05) is 22.4 Å². The summed E-state index contributed by atoms with van der Waals surface area (Å²) in [6.07, 6.45) is 0. The Morgan fingerprint density at radius 1 is 0.812 bits per heavy atom. The standard InChI is InChI=1S/C27H23NO4/c1-18(29)20-8-5-9-24(15-20)28-27(30)22-11-13-26(31-2)23(14-22)17-32-25-12-10-19-6-3-4-7-21(19)16-25/h3-16H,17H2,1-2H3,(H,28,30). The first-order valence-electron chi connectivity index (χ1n) is 10.2. The van der Waals surface area contributed by atoms with E-state index in [0.717, 1.165) is 22.1 Å². The topological polar surface area (TPSA) is 64.6 Å². The van der Waals surface area contributed by atoms with Crippen molar-refractivity contribution in [3.63, 3.8) is 0 Å². The molecule has 0 aromatic heterocycles. The van der Waals surface area contributed by atoms with E-state index in [4.69, 9.17) is 9.47 Å². The average Bonchev–Trinajstić information content (AvgIpc) is 2.82. The fraction of sp³-hybridized carbons (Fsp3) is 0.111. The van der Waals surface area contributed by atoms with Crippen LogP contribution in [0, 0.1) is 0 Å². The molecule has 0 atom stereocenters. The molecule has 5 heteroatoms. The molecule has 0 saturated heterocycles. The summed E-state index contributed by atoms with van der Waals surface area (Å²) in [5.74, 6) is 1.04. The van der Waals surface area contributed by atoms with Crippen molar-refractivity contribution in [1.29, 1.82) is 0 Å². The fourth-order valence-corrected chi connectivity index (χ4v) is 3.47. The van der Waals surface area contributed by atoms with Gasteiger partial charge in [-0.05, 0) is 60.2 Å². The predicted molar refractivity (Wildman–Crippen MR) is 126 cm³/mol. The first-order chi connectivity index (χ1) is 15.5. The lowest BCUT2D eigenvalue weighted by atomic mass is 10.1. The Morgan fingerprint density at radius 3 is 2.41 bits per heavy atom. The van der Waals surface area contributed by atoms with E-state index in [1.807, 2.05) is 36.4 Å². The lowest BCUT2D eigenvalue weighted by Crippen LogP contribution is -2.13. The number of hydrogen-bond acceptors (Lipinski definition) is 4. The lowest BCUT2D eigenvalue weighted by molar-refractivity contribution is 0.101. The van der Waals surface area contributed by atoms with Crippen LogP contribution in [0.2, 0.25) is 0 Å². The van der Waals surface area contributed by atoms with Crippen LogP contribution in [-0.4, -0.2) is 18.8 Å². The van der Waals surface area contributed by atoms with Crippen LogP contribution in [-0.2, 0) is 6.61 Å². The first kappa shape index (κ1) is 21.1. The third kappa shape index (κ3) is 4.78. The van der Waals surface area contributed by atoms with E-state index in [0.29, 0.717) is 22.6 Å². The van der Waals surface area contributed by atoms with Crippen LogP contribution in [0.3, 0.4) is 0 Å². The maximum absolute atomic E-state index is 12.8. The molecule has 4 rings (SSSR count). The van der Waals surface area contributed by atoms with E-state index in [9.17, 15) is 9.59 Å². The van der Waals surface area contributed by atoms with E-state index < -0.39 is 0 Å². The highest BCUT2D eigenvalue weighted by molar-refractivity contribution is 6.05. The van der Waals surface area contributed by atoms with Crippen LogP contribution in [0.15, 0.2) is 84.9 Å². The van der Waals surface area contributed by atoms with E-state index in [1.165, 1.54) is 6.92 Å². The maximum Gasteiger partial charge on any atom is 0.255 e. The number of hydrogen-bond donors (Lipinski definition) is 1. The molecule has 0 unspecified atom stereocenters. The summed E-state index contributed by atoms with van der Waals surface area (Å²) in [5.41, 5.74) is 2.33. The summed E-state index contributed by atoms with van der Waals surface area (Å²) in [6.45, 7) is 1.74. The van der Waals surface area contributed by atoms with Crippen molar-refractivity contribution in [1.82, 2.24) is 0 Å². The second-order valence-electron chi connectivity index (χ2n) is 7.42. The Bertz CT molecular complexity index is 1300. The summed E-state index contributed by atoms with van der Waals surface area (Å²) < 4.78 is 11.4. The van der Waals surface area contributed by atoms with Gasteiger partial charge in [0.05, 0.1) is 7.11 Å². The van der Waals surface area contributed by atoms with Crippen LogP contribution in [0.4, 0.5) is 5.69 Å². The van der Waals surface area contributed by atoms with E-state index in [-0.39, 0.29) is 18.3 Å². The first-order valence-corrected chi connectivity index (χ1v) is 10.2. The molecule has 0 bridgehead atoms. The molecule has 0 spiro atoms. The molecule has 5 nitrogen and oxygen atoms in total. The monoisotopic (exact) mass is 425 g/mol. The molecular formula is C27H23NO4. The van der Waals surface area contributed by atoms with Crippen molar-refractivity contribution in [2.24, 2.45) is 0 Å². The zero-order valence-corrected chi connectivity index (χ0v) is 17.9. The van der Waals surface area contributed by atoms with Gasteiger partial charge in [-0.25, -0.2) is 0 Å². The number of methoxy groups -OCH3 is 1. The van der Waals surface area contributed by atoms with E-state index in [2.05, 4.69) is 11.4 Å². The summed E-state index contributed by atoms with van der Waals surface area (Å²) in [7, 11) is 1.59. The smallest absolute Gasteiger partial charge is 0.255 e. The summed E-state index contributed by atoms with van der Waals surface area (Å²) in [4.78, 5) is 24.4. The molecule has 1 amide bonds. The highest BCUT2D eigenvalue weighted by atomic mass is 16.5. The zero-order valence-electron chi connectivity index (χ0n) is 17.9. The van der Waals surface area contributed by atoms with Gasteiger partial charge in [0.2, 0.25) is 0 Å². The van der Waals surface area contributed by atoms with Crippen LogP contribution >= 0.6 is 0 Å². The summed E-state index contributed by atoms with van der Waals surface area (Å²) in [6, 6.07) is 26.1. The Kier molecular flexibility index (Phi) is 6.17. The van der Waals surface area contributed by atoms with Crippen molar-refractivity contribution in [2.75, 3.05) is 12.4 Å². The molecule has 4 aromatic carbocycles. The van der Waals surface area contributed by atoms with Gasteiger partial charge in [0.25, 0.3) is 5.91 Å². The number of carbonyl (C=O) groups is 2. The van der Waals surface area contributed by atoms with Gasteiger partial charge in [-0.1, -0.05) is 42.5 Å². The highest BCUT2D eigenvalue weighted by Gasteiger charge is 2.12. The zero-order chi connectivity index (χ0) is 22.5.